The van der Waals surface area contributed by atoms with Crippen molar-refractivity contribution in [2.24, 2.45) is 0 Å². The molecule has 0 aromatic heterocycles. The largest absolute Gasteiger partial charge is 0.493 e. The summed E-state index contributed by atoms with van der Waals surface area (Å²) in [5, 5.41) is 2.93. The summed E-state index contributed by atoms with van der Waals surface area (Å²) in [7, 11) is -0.574. The Kier molecular flexibility index (Phi) is 8.20. The monoisotopic (exact) mass is 475 g/mol. The minimum atomic E-state index is -3.69. The maximum Gasteiger partial charge on any atom is 0.253 e. The topological polar surface area (TPSA) is 88.2 Å². The van der Waals surface area contributed by atoms with Gasteiger partial charge in [0.1, 0.15) is 0 Å². The number of methoxy groups -OCH3 is 2. The maximum absolute atomic E-state index is 13.3. The number of nitrogens with one attached hydrogen (secondary N) is 1. The van der Waals surface area contributed by atoms with Crippen LogP contribution in [0.15, 0.2) is 41.3 Å². The van der Waals surface area contributed by atoms with E-state index in [0.29, 0.717) is 30.2 Å². The van der Waals surface area contributed by atoms with Crippen molar-refractivity contribution in [3.63, 3.8) is 0 Å². The van der Waals surface area contributed by atoms with Crippen molar-refractivity contribution < 1.29 is 22.7 Å². The lowest BCUT2D eigenvalue weighted by molar-refractivity contribution is 0.0951. The van der Waals surface area contributed by atoms with E-state index >= 15 is 0 Å². The zero-order valence-corrected chi connectivity index (χ0v) is 20.6. The number of rotatable bonds is 10. The molecule has 0 bridgehead atoms. The number of amides is 1. The normalized spacial score (nSPS) is 13.9. The van der Waals surface area contributed by atoms with Crippen molar-refractivity contribution in [2.75, 3.05) is 45.3 Å². The molecule has 0 unspecified atom stereocenters. The van der Waals surface area contributed by atoms with Gasteiger partial charge in [-0.25, -0.2) is 8.42 Å². The molecule has 3 rings (SSSR count). The Morgan fingerprint density at radius 3 is 2.36 bits per heavy atom. The minimum absolute atomic E-state index is 0.123. The van der Waals surface area contributed by atoms with E-state index in [1.807, 2.05) is 12.1 Å². The zero-order chi connectivity index (χ0) is 24.0. The molecule has 0 radical (unpaired) electrons. The highest BCUT2D eigenvalue weighted by molar-refractivity contribution is 7.89. The number of carbonyl (C=O) groups excluding carboxylic acids is 1. The van der Waals surface area contributed by atoms with E-state index in [2.05, 4.69) is 10.2 Å². The molecule has 1 fully saturated rings. The predicted molar refractivity (Wildman–Crippen MR) is 129 cm³/mol. The van der Waals surface area contributed by atoms with Crippen LogP contribution in [0, 0.1) is 0 Å². The molecule has 2 aromatic rings. The second kappa shape index (κ2) is 10.9. The van der Waals surface area contributed by atoms with Crippen molar-refractivity contribution in [3.8, 4) is 11.5 Å². The van der Waals surface area contributed by atoms with E-state index < -0.39 is 10.0 Å². The van der Waals surface area contributed by atoms with Gasteiger partial charge in [-0.3, -0.25) is 4.79 Å². The zero-order valence-electron chi connectivity index (χ0n) is 19.8. The summed E-state index contributed by atoms with van der Waals surface area (Å²) >= 11 is 0. The molecule has 180 valence electrons. The van der Waals surface area contributed by atoms with Gasteiger partial charge in [0.05, 0.1) is 24.7 Å². The molecule has 0 saturated carbocycles. The Balaban J connectivity index is 1.95. The predicted octanol–water partition coefficient (Wildman–Crippen LogP) is 3.26. The molecule has 1 aliphatic rings. The van der Waals surface area contributed by atoms with Gasteiger partial charge in [0.2, 0.25) is 10.0 Å². The Morgan fingerprint density at radius 1 is 1.06 bits per heavy atom. The number of ether oxygens (including phenoxy) is 2. The molecule has 1 heterocycles. The lowest BCUT2D eigenvalue weighted by Crippen LogP contribution is -2.32. The molecular weight excluding hydrogens is 442 g/mol. The first-order valence-electron chi connectivity index (χ1n) is 11.2. The first kappa shape index (κ1) is 24.9. The third-order valence-electron chi connectivity index (χ3n) is 5.93. The Hall–Kier alpha value is -2.78. The minimum Gasteiger partial charge on any atom is -0.493 e. The summed E-state index contributed by atoms with van der Waals surface area (Å²) in [6.45, 7) is 6.22. The number of sulfonamides is 1. The average molecular weight is 476 g/mol. The molecule has 0 aliphatic carbocycles. The van der Waals surface area contributed by atoms with Crippen LogP contribution >= 0.6 is 0 Å². The lowest BCUT2D eigenvalue weighted by atomic mass is 10.1. The van der Waals surface area contributed by atoms with Crippen LogP contribution in [0.3, 0.4) is 0 Å². The highest BCUT2D eigenvalue weighted by atomic mass is 32.2. The SMILES string of the molecule is CCN(CC)S(=O)(=O)c1ccc(N2CCCC2)c(C(=O)NCc2cccc(OC)c2OC)c1. The fourth-order valence-corrected chi connectivity index (χ4v) is 5.65. The van der Waals surface area contributed by atoms with Gasteiger partial charge in [0.25, 0.3) is 5.91 Å². The summed E-state index contributed by atoms with van der Waals surface area (Å²) in [5.41, 5.74) is 1.87. The molecule has 0 atom stereocenters. The van der Waals surface area contributed by atoms with Crippen LogP contribution in [-0.4, -0.2) is 59.0 Å². The van der Waals surface area contributed by atoms with Crippen LogP contribution < -0.4 is 19.7 Å². The van der Waals surface area contributed by atoms with E-state index in [1.165, 1.54) is 10.4 Å². The first-order chi connectivity index (χ1) is 15.9. The fraction of sp³-hybridized carbons (Fsp3) is 0.458. The van der Waals surface area contributed by atoms with Gasteiger partial charge >= 0.3 is 0 Å². The highest BCUT2D eigenvalue weighted by Crippen LogP contribution is 2.31. The van der Waals surface area contributed by atoms with Crippen LogP contribution in [-0.2, 0) is 16.6 Å². The molecule has 1 amide bonds. The molecular formula is C24H33N3O5S. The van der Waals surface area contributed by atoms with E-state index in [4.69, 9.17) is 9.47 Å². The number of nitrogens with zero attached hydrogens (tertiary/aromatic N) is 2. The van der Waals surface area contributed by atoms with Crippen molar-refractivity contribution >= 4 is 21.6 Å². The lowest BCUT2D eigenvalue weighted by Gasteiger charge is -2.23. The van der Waals surface area contributed by atoms with E-state index in [9.17, 15) is 13.2 Å². The molecule has 9 heteroatoms. The number of hydrogen-bond acceptors (Lipinski definition) is 6. The van der Waals surface area contributed by atoms with Gasteiger partial charge < -0.3 is 19.7 Å². The number of carbonyl (C=O) groups is 1. The number of benzene rings is 2. The molecule has 8 nitrogen and oxygen atoms in total. The number of hydrogen-bond donors (Lipinski definition) is 1. The van der Waals surface area contributed by atoms with Gasteiger partial charge in [-0.2, -0.15) is 4.31 Å². The molecule has 33 heavy (non-hydrogen) atoms. The summed E-state index contributed by atoms with van der Waals surface area (Å²) in [5.74, 6) is 0.797. The standard InChI is InChI=1S/C24H33N3O5S/c1-5-27(6-2)33(29,30)19-12-13-21(26-14-7-8-15-26)20(16-19)24(28)25-17-18-10-9-11-22(31-3)23(18)32-4/h9-13,16H,5-8,14-15,17H2,1-4H3,(H,25,28). The molecule has 1 N–H and O–H groups in total. The van der Waals surface area contributed by atoms with Gasteiger partial charge in [-0.15, -0.1) is 0 Å². The van der Waals surface area contributed by atoms with Crippen LogP contribution in [0.5, 0.6) is 11.5 Å². The average Bonchev–Trinajstić information content (AvgIpc) is 3.37. The van der Waals surface area contributed by atoms with Gasteiger partial charge in [0, 0.05) is 44.0 Å². The second-order valence-electron chi connectivity index (χ2n) is 7.80. The van der Waals surface area contributed by atoms with Crippen LogP contribution in [0.1, 0.15) is 42.6 Å². The summed E-state index contributed by atoms with van der Waals surface area (Å²) in [6, 6.07) is 10.3. The molecule has 1 saturated heterocycles. The maximum atomic E-state index is 13.3. The molecule has 2 aromatic carbocycles. The third-order valence-corrected chi connectivity index (χ3v) is 7.97. The van der Waals surface area contributed by atoms with Gasteiger partial charge in [0.15, 0.2) is 11.5 Å². The van der Waals surface area contributed by atoms with E-state index in [1.54, 1.807) is 46.3 Å². The number of anilines is 1. The van der Waals surface area contributed by atoms with Crippen LogP contribution in [0.2, 0.25) is 0 Å². The second-order valence-corrected chi connectivity index (χ2v) is 9.74. The highest BCUT2D eigenvalue weighted by Gasteiger charge is 2.26. The Labute approximate surface area is 196 Å². The van der Waals surface area contributed by atoms with Gasteiger partial charge in [-0.05, 0) is 37.1 Å². The van der Waals surface area contributed by atoms with Crippen molar-refractivity contribution in [3.05, 3.63) is 47.5 Å². The van der Waals surface area contributed by atoms with Crippen LogP contribution in [0.25, 0.3) is 0 Å². The van der Waals surface area contributed by atoms with E-state index in [0.717, 1.165) is 37.2 Å². The fourth-order valence-electron chi connectivity index (χ4n) is 4.17. The third kappa shape index (κ3) is 5.25. The Morgan fingerprint density at radius 2 is 1.76 bits per heavy atom. The van der Waals surface area contributed by atoms with E-state index in [-0.39, 0.29) is 17.3 Å². The summed E-state index contributed by atoms with van der Waals surface area (Å²) in [4.78, 5) is 15.6. The number of para-hydroxylation sites is 1. The summed E-state index contributed by atoms with van der Waals surface area (Å²) < 4.78 is 38.4. The quantitative estimate of drug-likeness (QED) is 0.568. The van der Waals surface area contributed by atoms with Crippen LogP contribution in [0.4, 0.5) is 5.69 Å². The smallest absolute Gasteiger partial charge is 0.253 e. The summed E-state index contributed by atoms with van der Waals surface area (Å²) in [6.07, 6.45) is 2.09. The van der Waals surface area contributed by atoms with Crippen molar-refractivity contribution in [2.45, 2.75) is 38.1 Å². The Bertz CT molecular complexity index is 1080. The van der Waals surface area contributed by atoms with Gasteiger partial charge in [-0.1, -0.05) is 26.0 Å². The molecule has 0 spiro atoms. The van der Waals surface area contributed by atoms with Crippen molar-refractivity contribution in [1.29, 1.82) is 0 Å². The molecule has 1 aliphatic heterocycles. The first-order valence-corrected chi connectivity index (χ1v) is 12.7. The van der Waals surface area contributed by atoms with Crippen molar-refractivity contribution in [1.82, 2.24) is 9.62 Å².